The second-order valence-corrected chi connectivity index (χ2v) is 2.83. The van der Waals surface area contributed by atoms with Crippen LogP contribution >= 0.6 is 0 Å². The van der Waals surface area contributed by atoms with Gasteiger partial charge in [0.1, 0.15) is 0 Å². The number of nitrogens with zero attached hydrogens (tertiary/aromatic N) is 1. The molecule has 64 valence electrons. The van der Waals surface area contributed by atoms with Crippen molar-refractivity contribution in [2.24, 2.45) is 5.73 Å². The van der Waals surface area contributed by atoms with Crippen LogP contribution in [0.25, 0.3) is 0 Å². The third kappa shape index (κ3) is 2.34. The van der Waals surface area contributed by atoms with Gasteiger partial charge in [0.25, 0.3) is 0 Å². The Labute approximate surface area is 71.6 Å². The van der Waals surface area contributed by atoms with Crippen LogP contribution in [0.2, 0.25) is 0 Å². The summed E-state index contributed by atoms with van der Waals surface area (Å²) in [6.07, 6.45) is 2.07. The maximum absolute atomic E-state index is 10.6. The first-order chi connectivity index (χ1) is 5.70. The molecule has 0 saturated carbocycles. The van der Waals surface area contributed by atoms with E-state index in [9.17, 15) is 4.79 Å². The van der Waals surface area contributed by atoms with Gasteiger partial charge >= 0.3 is 0 Å². The summed E-state index contributed by atoms with van der Waals surface area (Å²) in [6.45, 7) is 1.94. The van der Waals surface area contributed by atoms with Gasteiger partial charge in [-0.25, -0.2) is 0 Å². The number of carbonyl (C=O) groups is 1. The topological polar surface area (TPSA) is 56.0 Å². The van der Waals surface area contributed by atoms with Crippen LogP contribution < -0.4 is 5.73 Å². The van der Waals surface area contributed by atoms with Gasteiger partial charge in [-0.1, -0.05) is 13.0 Å². The third-order valence-electron chi connectivity index (χ3n) is 1.70. The molecule has 0 spiro atoms. The summed E-state index contributed by atoms with van der Waals surface area (Å²) in [5.41, 5.74) is 5.98. The van der Waals surface area contributed by atoms with E-state index >= 15 is 0 Å². The minimum atomic E-state index is -0.284. The highest BCUT2D eigenvalue weighted by molar-refractivity contribution is 5.74. The van der Waals surface area contributed by atoms with Crippen molar-refractivity contribution in [1.82, 2.24) is 4.98 Å². The average molecular weight is 164 g/mol. The molecular formula is C9H12N2O. The minimum absolute atomic E-state index is 0.115. The van der Waals surface area contributed by atoms with Gasteiger partial charge in [0.15, 0.2) is 0 Å². The van der Waals surface area contributed by atoms with Gasteiger partial charge in [0.2, 0.25) is 5.91 Å². The summed E-state index contributed by atoms with van der Waals surface area (Å²) in [4.78, 5) is 14.7. The molecule has 0 saturated heterocycles. The SMILES string of the molecule is CC(CC(N)=O)c1ccccn1. The van der Waals surface area contributed by atoms with E-state index in [1.807, 2.05) is 25.1 Å². The number of hydrogen-bond donors (Lipinski definition) is 1. The van der Waals surface area contributed by atoms with Crippen molar-refractivity contribution >= 4 is 5.91 Å². The fourth-order valence-electron chi connectivity index (χ4n) is 1.07. The molecule has 1 unspecified atom stereocenters. The molecule has 3 heteroatoms. The van der Waals surface area contributed by atoms with Crippen LogP contribution in [0.3, 0.4) is 0 Å². The van der Waals surface area contributed by atoms with Crippen molar-refractivity contribution in [3.63, 3.8) is 0 Å². The normalized spacial score (nSPS) is 12.4. The highest BCUT2D eigenvalue weighted by Gasteiger charge is 2.08. The zero-order chi connectivity index (χ0) is 8.97. The number of hydrogen-bond acceptors (Lipinski definition) is 2. The number of rotatable bonds is 3. The standard InChI is InChI=1S/C9H12N2O/c1-7(6-9(10)12)8-4-2-3-5-11-8/h2-5,7H,6H2,1H3,(H2,10,12). The first-order valence-electron chi connectivity index (χ1n) is 3.89. The van der Waals surface area contributed by atoms with Crippen molar-refractivity contribution in [2.45, 2.75) is 19.3 Å². The van der Waals surface area contributed by atoms with Gasteiger partial charge in [-0.3, -0.25) is 9.78 Å². The number of pyridine rings is 1. The number of amides is 1. The third-order valence-corrected chi connectivity index (χ3v) is 1.70. The molecule has 0 aliphatic heterocycles. The molecule has 0 radical (unpaired) electrons. The molecule has 1 amide bonds. The monoisotopic (exact) mass is 164 g/mol. The smallest absolute Gasteiger partial charge is 0.218 e. The molecule has 2 N–H and O–H groups in total. The zero-order valence-corrected chi connectivity index (χ0v) is 7.03. The van der Waals surface area contributed by atoms with Crippen molar-refractivity contribution in [3.05, 3.63) is 30.1 Å². The van der Waals surface area contributed by atoms with Crippen LogP contribution in [0.1, 0.15) is 25.0 Å². The summed E-state index contributed by atoms with van der Waals surface area (Å²) in [6, 6.07) is 5.65. The molecule has 0 bridgehead atoms. The van der Waals surface area contributed by atoms with E-state index in [4.69, 9.17) is 5.73 Å². The number of aromatic nitrogens is 1. The second-order valence-electron chi connectivity index (χ2n) is 2.83. The Bertz CT molecular complexity index is 258. The van der Waals surface area contributed by atoms with Crippen molar-refractivity contribution in [2.75, 3.05) is 0 Å². The lowest BCUT2D eigenvalue weighted by molar-refractivity contribution is -0.118. The molecule has 0 aliphatic rings. The molecule has 0 aromatic carbocycles. The van der Waals surface area contributed by atoms with Gasteiger partial charge in [0.05, 0.1) is 0 Å². The highest BCUT2D eigenvalue weighted by Crippen LogP contribution is 2.14. The van der Waals surface area contributed by atoms with Crippen LogP contribution in [0, 0.1) is 0 Å². The molecule has 0 aliphatic carbocycles. The largest absolute Gasteiger partial charge is 0.370 e. The van der Waals surface area contributed by atoms with Gasteiger partial charge in [-0.2, -0.15) is 0 Å². The maximum Gasteiger partial charge on any atom is 0.218 e. The van der Waals surface area contributed by atoms with Crippen LogP contribution in [-0.2, 0) is 4.79 Å². The summed E-state index contributed by atoms with van der Waals surface area (Å²) in [5, 5.41) is 0. The van der Waals surface area contributed by atoms with Gasteiger partial charge in [0, 0.05) is 24.2 Å². The Hall–Kier alpha value is -1.38. The molecule has 1 heterocycles. The van der Waals surface area contributed by atoms with Gasteiger partial charge < -0.3 is 5.73 Å². The number of primary amides is 1. The van der Waals surface area contributed by atoms with E-state index in [-0.39, 0.29) is 11.8 Å². The zero-order valence-electron chi connectivity index (χ0n) is 7.03. The van der Waals surface area contributed by atoms with Crippen LogP contribution in [0.4, 0.5) is 0 Å². The molecule has 0 fully saturated rings. The Kier molecular flexibility index (Phi) is 2.80. The quantitative estimate of drug-likeness (QED) is 0.726. The van der Waals surface area contributed by atoms with E-state index in [0.717, 1.165) is 5.69 Å². The van der Waals surface area contributed by atoms with Crippen LogP contribution in [0.5, 0.6) is 0 Å². The predicted octanol–water partition coefficient (Wildman–Crippen LogP) is 1.06. The fourth-order valence-corrected chi connectivity index (χ4v) is 1.07. The minimum Gasteiger partial charge on any atom is -0.370 e. The molecule has 3 nitrogen and oxygen atoms in total. The summed E-state index contributed by atoms with van der Waals surface area (Å²) >= 11 is 0. The Morgan fingerprint density at radius 1 is 1.67 bits per heavy atom. The summed E-state index contributed by atoms with van der Waals surface area (Å²) < 4.78 is 0. The van der Waals surface area contributed by atoms with E-state index in [1.165, 1.54) is 0 Å². The molecular weight excluding hydrogens is 152 g/mol. The predicted molar refractivity (Wildman–Crippen MR) is 46.5 cm³/mol. The maximum atomic E-state index is 10.6. The Morgan fingerprint density at radius 3 is 2.92 bits per heavy atom. The lowest BCUT2D eigenvalue weighted by Crippen LogP contribution is -2.14. The van der Waals surface area contributed by atoms with Gasteiger partial charge in [-0.15, -0.1) is 0 Å². The first-order valence-corrected chi connectivity index (χ1v) is 3.89. The molecule has 12 heavy (non-hydrogen) atoms. The lowest BCUT2D eigenvalue weighted by atomic mass is 10.0. The Balaban J connectivity index is 2.65. The summed E-state index contributed by atoms with van der Waals surface area (Å²) in [7, 11) is 0. The first kappa shape index (κ1) is 8.71. The lowest BCUT2D eigenvalue weighted by Gasteiger charge is -2.06. The fraction of sp³-hybridized carbons (Fsp3) is 0.333. The highest BCUT2D eigenvalue weighted by atomic mass is 16.1. The van der Waals surface area contributed by atoms with Crippen molar-refractivity contribution < 1.29 is 4.79 Å². The number of nitrogens with two attached hydrogens (primary N) is 1. The molecule has 1 atom stereocenters. The van der Waals surface area contributed by atoms with E-state index < -0.39 is 0 Å². The Morgan fingerprint density at radius 2 is 2.42 bits per heavy atom. The van der Waals surface area contributed by atoms with Crippen molar-refractivity contribution in [3.8, 4) is 0 Å². The average Bonchev–Trinajstić information content (AvgIpc) is 2.05. The molecule has 1 aromatic rings. The van der Waals surface area contributed by atoms with E-state index in [1.54, 1.807) is 6.20 Å². The van der Waals surface area contributed by atoms with Crippen molar-refractivity contribution in [1.29, 1.82) is 0 Å². The summed E-state index contributed by atoms with van der Waals surface area (Å²) in [5.74, 6) is -0.170. The number of carbonyl (C=O) groups excluding carboxylic acids is 1. The second kappa shape index (κ2) is 3.85. The van der Waals surface area contributed by atoms with E-state index in [0.29, 0.717) is 6.42 Å². The molecule has 1 rings (SSSR count). The van der Waals surface area contributed by atoms with Crippen LogP contribution in [0.15, 0.2) is 24.4 Å². The van der Waals surface area contributed by atoms with E-state index in [2.05, 4.69) is 4.98 Å². The van der Waals surface area contributed by atoms with Crippen LogP contribution in [-0.4, -0.2) is 10.9 Å². The molecule has 1 aromatic heterocycles. The van der Waals surface area contributed by atoms with Gasteiger partial charge in [-0.05, 0) is 12.1 Å².